The van der Waals surface area contributed by atoms with Crippen molar-refractivity contribution in [3.8, 4) is 0 Å². The highest BCUT2D eigenvalue weighted by Gasteiger charge is 2.05. The fourth-order valence-corrected chi connectivity index (χ4v) is 1.83. The zero-order valence-corrected chi connectivity index (χ0v) is 9.47. The number of aromatic nitrogens is 1. The van der Waals surface area contributed by atoms with Gasteiger partial charge in [-0.15, -0.1) is 0 Å². The van der Waals surface area contributed by atoms with Crippen LogP contribution < -0.4 is 0 Å². The number of benzene rings is 1. The summed E-state index contributed by atoms with van der Waals surface area (Å²) in [5.74, 6) is 0. The van der Waals surface area contributed by atoms with Crippen molar-refractivity contribution in [3.63, 3.8) is 0 Å². The predicted molar refractivity (Wildman–Crippen MR) is 64.0 cm³/mol. The van der Waals surface area contributed by atoms with E-state index in [2.05, 4.69) is 4.98 Å². The van der Waals surface area contributed by atoms with Gasteiger partial charge in [0.15, 0.2) is 0 Å². The SMILES string of the molecule is Cc1cc(CN(C)C=O)c2ccccc2n1. The molecule has 0 bridgehead atoms. The lowest BCUT2D eigenvalue weighted by molar-refractivity contribution is -0.117. The van der Waals surface area contributed by atoms with Crippen molar-refractivity contribution >= 4 is 17.3 Å². The Morgan fingerprint density at radius 3 is 2.88 bits per heavy atom. The van der Waals surface area contributed by atoms with Crippen LogP contribution in [-0.2, 0) is 11.3 Å². The first-order chi connectivity index (χ1) is 7.70. The van der Waals surface area contributed by atoms with Gasteiger partial charge < -0.3 is 4.90 Å². The molecule has 1 amide bonds. The molecule has 2 rings (SSSR count). The molecule has 0 N–H and O–H groups in total. The highest BCUT2D eigenvalue weighted by molar-refractivity contribution is 5.82. The molecule has 0 saturated heterocycles. The zero-order valence-electron chi connectivity index (χ0n) is 9.47. The normalized spacial score (nSPS) is 10.4. The minimum atomic E-state index is 0.618. The molecular formula is C13H14N2O. The van der Waals surface area contributed by atoms with Gasteiger partial charge in [0.05, 0.1) is 5.52 Å². The minimum Gasteiger partial charge on any atom is -0.344 e. The van der Waals surface area contributed by atoms with E-state index in [9.17, 15) is 4.79 Å². The van der Waals surface area contributed by atoms with E-state index in [1.165, 1.54) is 0 Å². The second kappa shape index (κ2) is 4.31. The number of para-hydroxylation sites is 1. The Labute approximate surface area is 94.7 Å². The molecule has 0 spiro atoms. The third-order valence-corrected chi connectivity index (χ3v) is 2.53. The van der Waals surface area contributed by atoms with Gasteiger partial charge in [-0.05, 0) is 24.6 Å². The molecule has 0 aliphatic rings. The molecule has 2 aromatic rings. The van der Waals surface area contributed by atoms with Crippen LogP contribution >= 0.6 is 0 Å². The van der Waals surface area contributed by atoms with Gasteiger partial charge in [0.2, 0.25) is 6.41 Å². The van der Waals surface area contributed by atoms with Crippen LogP contribution in [-0.4, -0.2) is 23.3 Å². The molecule has 0 unspecified atom stereocenters. The van der Waals surface area contributed by atoms with E-state index in [0.717, 1.165) is 28.6 Å². The van der Waals surface area contributed by atoms with Gasteiger partial charge in [-0.25, -0.2) is 0 Å². The van der Waals surface area contributed by atoms with Crippen LogP contribution in [0.15, 0.2) is 30.3 Å². The van der Waals surface area contributed by atoms with Gasteiger partial charge in [-0.2, -0.15) is 0 Å². The molecule has 0 fully saturated rings. The maximum Gasteiger partial charge on any atom is 0.209 e. The lowest BCUT2D eigenvalue weighted by Gasteiger charge is -2.13. The van der Waals surface area contributed by atoms with Crippen LogP contribution in [0, 0.1) is 6.92 Å². The van der Waals surface area contributed by atoms with Crippen molar-refractivity contribution in [2.24, 2.45) is 0 Å². The summed E-state index contributed by atoms with van der Waals surface area (Å²) < 4.78 is 0. The maximum absolute atomic E-state index is 10.6. The van der Waals surface area contributed by atoms with E-state index in [-0.39, 0.29) is 0 Å². The summed E-state index contributed by atoms with van der Waals surface area (Å²) in [5, 5.41) is 1.11. The molecule has 0 saturated carbocycles. The van der Waals surface area contributed by atoms with Gasteiger partial charge in [-0.3, -0.25) is 9.78 Å². The van der Waals surface area contributed by atoms with Crippen LogP contribution in [0.2, 0.25) is 0 Å². The molecule has 1 heterocycles. The summed E-state index contributed by atoms with van der Waals surface area (Å²) in [7, 11) is 1.78. The number of pyridine rings is 1. The first-order valence-corrected chi connectivity index (χ1v) is 5.21. The van der Waals surface area contributed by atoms with Crippen molar-refractivity contribution in [1.29, 1.82) is 0 Å². The number of carbonyl (C=O) groups excluding carboxylic acids is 1. The lowest BCUT2D eigenvalue weighted by atomic mass is 10.1. The molecule has 0 aliphatic heterocycles. The number of carbonyl (C=O) groups is 1. The maximum atomic E-state index is 10.6. The van der Waals surface area contributed by atoms with Crippen molar-refractivity contribution in [2.45, 2.75) is 13.5 Å². The Kier molecular flexibility index (Phi) is 2.86. The number of rotatable bonds is 3. The fraction of sp³-hybridized carbons (Fsp3) is 0.231. The third-order valence-electron chi connectivity index (χ3n) is 2.53. The number of fused-ring (bicyclic) bond motifs is 1. The average Bonchev–Trinajstić information content (AvgIpc) is 2.28. The van der Waals surface area contributed by atoms with Crippen LogP contribution in [0.1, 0.15) is 11.3 Å². The lowest BCUT2D eigenvalue weighted by Crippen LogP contribution is -2.15. The zero-order chi connectivity index (χ0) is 11.5. The highest BCUT2D eigenvalue weighted by Crippen LogP contribution is 2.18. The van der Waals surface area contributed by atoms with Gasteiger partial charge >= 0.3 is 0 Å². The topological polar surface area (TPSA) is 33.2 Å². The molecule has 82 valence electrons. The van der Waals surface area contributed by atoms with Gasteiger partial charge in [0.1, 0.15) is 0 Å². The smallest absolute Gasteiger partial charge is 0.209 e. The Hall–Kier alpha value is -1.90. The summed E-state index contributed by atoms with van der Waals surface area (Å²) >= 11 is 0. The van der Waals surface area contributed by atoms with Crippen molar-refractivity contribution < 1.29 is 4.79 Å². The van der Waals surface area contributed by atoms with E-state index in [0.29, 0.717) is 6.54 Å². The van der Waals surface area contributed by atoms with Crippen LogP contribution in [0.4, 0.5) is 0 Å². The first-order valence-electron chi connectivity index (χ1n) is 5.21. The average molecular weight is 214 g/mol. The molecule has 0 atom stereocenters. The fourth-order valence-electron chi connectivity index (χ4n) is 1.83. The monoisotopic (exact) mass is 214 g/mol. The van der Waals surface area contributed by atoms with Crippen LogP contribution in [0.5, 0.6) is 0 Å². The quantitative estimate of drug-likeness (QED) is 0.733. The number of hydrogen-bond donors (Lipinski definition) is 0. The van der Waals surface area contributed by atoms with E-state index in [4.69, 9.17) is 0 Å². The van der Waals surface area contributed by atoms with Crippen molar-refractivity contribution in [3.05, 3.63) is 41.6 Å². The number of amides is 1. The Balaban J connectivity index is 2.54. The van der Waals surface area contributed by atoms with Gasteiger partial charge in [-0.1, -0.05) is 18.2 Å². The number of aryl methyl sites for hydroxylation is 1. The first kappa shape index (κ1) is 10.6. The summed E-state index contributed by atoms with van der Waals surface area (Å²) in [4.78, 5) is 16.7. The molecule has 1 aromatic carbocycles. The second-order valence-corrected chi connectivity index (χ2v) is 3.96. The van der Waals surface area contributed by atoms with Gasteiger partial charge in [0, 0.05) is 24.7 Å². The minimum absolute atomic E-state index is 0.618. The summed E-state index contributed by atoms with van der Waals surface area (Å²) in [6.07, 6.45) is 0.838. The van der Waals surface area contributed by atoms with E-state index >= 15 is 0 Å². The van der Waals surface area contributed by atoms with Gasteiger partial charge in [0.25, 0.3) is 0 Å². The van der Waals surface area contributed by atoms with Crippen molar-refractivity contribution in [2.75, 3.05) is 7.05 Å². The standard InChI is InChI=1S/C13H14N2O/c1-10-7-11(8-15(2)9-16)12-5-3-4-6-13(12)14-10/h3-7,9H,8H2,1-2H3. The molecule has 0 aliphatic carbocycles. The third kappa shape index (κ3) is 2.03. The predicted octanol–water partition coefficient (Wildman–Crippen LogP) is 2.13. The Bertz CT molecular complexity index is 522. The summed E-state index contributed by atoms with van der Waals surface area (Å²) in [6, 6.07) is 10.0. The largest absolute Gasteiger partial charge is 0.344 e. The van der Waals surface area contributed by atoms with E-state index in [1.54, 1.807) is 11.9 Å². The van der Waals surface area contributed by atoms with E-state index in [1.807, 2.05) is 37.3 Å². The molecular weight excluding hydrogens is 200 g/mol. The Morgan fingerprint density at radius 2 is 2.12 bits per heavy atom. The van der Waals surface area contributed by atoms with Crippen LogP contribution in [0.25, 0.3) is 10.9 Å². The number of nitrogens with zero attached hydrogens (tertiary/aromatic N) is 2. The Morgan fingerprint density at radius 1 is 1.38 bits per heavy atom. The van der Waals surface area contributed by atoms with Crippen molar-refractivity contribution in [1.82, 2.24) is 9.88 Å². The molecule has 3 nitrogen and oxygen atoms in total. The second-order valence-electron chi connectivity index (χ2n) is 3.96. The molecule has 0 radical (unpaired) electrons. The highest BCUT2D eigenvalue weighted by atomic mass is 16.1. The molecule has 3 heteroatoms. The van der Waals surface area contributed by atoms with E-state index < -0.39 is 0 Å². The van der Waals surface area contributed by atoms with Crippen LogP contribution in [0.3, 0.4) is 0 Å². The molecule has 16 heavy (non-hydrogen) atoms. The summed E-state index contributed by atoms with van der Waals surface area (Å²) in [6.45, 7) is 2.59. The molecule has 1 aromatic heterocycles. The number of hydrogen-bond acceptors (Lipinski definition) is 2. The summed E-state index contributed by atoms with van der Waals surface area (Å²) in [5.41, 5.74) is 3.10.